The van der Waals surface area contributed by atoms with Crippen molar-refractivity contribution in [1.82, 2.24) is 9.97 Å². The average Bonchev–Trinajstić information content (AvgIpc) is 3.32. The number of halogens is 3. The van der Waals surface area contributed by atoms with E-state index in [-0.39, 0.29) is 29.4 Å². The van der Waals surface area contributed by atoms with Gasteiger partial charge in [-0.3, -0.25) is 14.8 Å². The topological polar surface area (TPSA) is 100 Å². The predicted molar refractivity (Wildman–Crippen MR) is 175 cm³/mol. The molecule has 0 amide bonds. The second-order valence-electron chi connectivity index (χ2n) is 16.3. The van der Waals surface area contributed by atoms with Crippen molar-refractivity contribution < 1.29 is 41.7 Å². The molecule has 3 aliphatic heterocycles. The number of aliphatic carboxylic acids is 1. The van der Waals surface area contributed by atoms with Crippen LogP contribution in [0.2, 0.25) is 18.1 Å². The molecule has 0 bridgehead atoms. The lowest BCUT2D eigenvalue weighted by molar-refractivity contribution is -0.141. The summed E-state index contributed by atoms with van der Waals surface area (Å²) in [5.41, 5.74) is 2.70. The number of nitrogens with zero attached hydrogens (tertiary/aromatic N) is 2. The maximum atomic E-state index is 13.6. The van der Waals surface area contributed by atoms with Crippen LogP contribution in [-0.4, -0.2) is 55.8 Å². The molecule has 8 nitrogen and oxygen atoms in total. The van der Waals surface area contributed by atoms with Crippen LogP contribution >= 0.6 is 0 Å². The molecule has 1 spiro atoms. The first kappa shape index (κ1) is 35.4. The van der Waals surface area contributed by atoms with E-state index in [2.05, 4.69) is 52.7 Å². The van der Waals surface area contributed by atoms with Crippen molar-refractivity contribution in [2.45, 2.75) is 127 Å². The van der Waals surface area contributed by atoms with Crippen LogP contribution in [0.25, 0.3) is 0 Å². The number of rotatable bonds is 6. The Bertz CT molecular complexity index is 1530. The maximum Gasteiger partial charge on any atom is 0.433 e. The number of aromatic nitrogens is 2. The SMILES string of the molecule is CC1(C)C[C@H](O[Si](C)(C)C(C)(C)C)c2c(nc(C3CCOCC3)c3c2C2(CCOCC2)O[C@@H]3c2ccc(C(F)(F)F)nc2)[C@@H]1CC(=O)O. The summed E-state index contributed by atoms with van der Waals surface area (Å²) in [4.78, 5) is 21.8. The molecule has 1 aliphatic carbocycles. The van der Waals surface area contributed by atoms with Gasteiger partial charge in [0.05, 0.1) is 29.5 Å². The zero-order chi connectivity index (χ0) is 34.9. The van der Waals surface area contributed by atoms with E-state index in [9.17, 15) is 23.1 Å². The summed E-state index contributed by atoms with van der Waals surface area (Å²) in [7, 11) is -2.36. The van der Waals surface area contributed by atoms with Crippen molar-refractivity contribution in [2.24, 2.45) is 5.41 Å². The molecule has 2 aromatic heterocycles. The molecule has 3 atom stereocenters. The van der Waals surface area contributed by atoms with Crippen LogP contribution in [0.5, 0.6) is 0 Å². The monoisotopic (exact) mass is 690 g/mol. The van der Waals surface area contributed by atoms with Crippen LogP contribution in [-0.2, 0) is 35.2 Å². The standard InChI is InChI=1S/C36H49F3N2O6Si/c1-33(2,3)48(6,7)47-24-19-34(4,5)23(18-26(42)43)31-27(24)29-28(30(41-31)21-10-14-44-15-11-21)32(46-35(29)12-16-45-17-13-35)22-8-9-25(40-20-22)36(37,38)39/h8-9,20-21,23-24,32H,10-19H2,1-7H3,(H,42,43)/t23-,24-,32+/m0/s1. The summed E-state index contributed by atoms with van der Waals surface area (Å²) >= 11 is 0. The van der Waals surface area contributed by atoms with Gasteiger partial charge in [-0.15, -0.1) is 0 Å². The normalized spacial score (nSPS) is 25.9. The van der Waals surface area contributed by atoms with Crippen molar-refractivity contribution in [2.75, 3.05) is 26.4 Å². The molecule has 48 heavy (non-hydrogen) atoms. The van der Waals surface area contributed by atoms with Gasteiger partial charge in [-0.05, 0) is 54.4 Å². The van der Waals surface area contributed by atoms with Gasteiger partial charge in [0.25, 0.3) is 0 Å². The van der Waals surface area contributed by atoms with Crippen molar-refractivity contribution in [3.8, 4) is 0 Å². The Morgan fingerprint density at radius 3 is 2.23 bits per heavy atom. The number of carboxylic acid groups (broad SMARTS) is 1. The van der Waals surface area contributed by atoms with Crippen LogP contribution in [0.3, 0.4) is 0 Å². The van der Waals surface area contributed by atoms with Crippen LogP contribution in [0.1, 0.15) is 137 Å². The van der Waals surface area contributed by atoms with Crippen LogP contribution in [0.15, 0.2) is 18.3 Å². The lowest BCUT2D eigenvalue weighted by atomic mass is 9.63. The Labute approximate surface area is 282 Å². The first-order valence-electron chi connectivity index (χ1n) is 17.2. The third kappa shape index (κ3) is 6.36. The quantitative estimate of drug-likeness (QED) is 0.301. The Balaban J connectivity index is 1.66. The molecule has 2 saturated heterocycles. The summed E-state index contributed by atoms with van der Waals surface area (Å²) in [5, 5.41) is 10.1. The zero-order valence-electron chi connectivity index (χ0n) is 29.1. The van der Waals surface area contributed by atoms with Gasteiger partial charge in [-0.25, -0.2) is 0 Å². The molecule has 6 rings (SSSR count). The molecule has 0 radical (unpaired) electrons. The molecule has 12 heteroatoms. The van der Waals surface area contributed by atoms with Crippen molar-refractivity contribution in [1.29, 1.82) is 0 Å². The van der Waals surface area contributed by atoms with Crippen LogP contribution in [0.4, 0.5) is 13.2 Å². The minimum Gasteiger partial charge on any atom is -0.481 e. The van der Waals surface area contributed by atoms with Crippen LogP contribution < -0.4 is 0 Å². The molecule has 1 N–H and O–H groups in total. The largest absolute Gasteiger partial charge is 0.481 e. The van der Waals surface area contributed by atoms with E-state index < -0.39 is 43.3 Å². The van der Waals surface area contributed by atoms with Gasteiger partial charge in [-0.1, -0.05) is 40.7 Å². The Morgan fingerprint density at radius 2 is 1.67 bits per heavy atom. The number of fused-ring (bicyclic) bond motifs is 4. The highest BCUT2D eigenvalue weighted by atomic mass is 28.4. The highest BCUT2D eigenvalue weighted by Gasteiger charge is 2.56. The highest BCUT2D eigenvalue weighted by Crippen LogP contribution is 2.62. The fourth-order valence-corrected chi connectivity index (χ4v) is 9.20. The zero-order valence-corrected chi connectivity index (χ0v) is 30.1. The van der Waals surface area contributed by atoms with E-state index in [1.807, 2.05) is 0 Å². The van der Waals surface area contributed by atoms with Crippen molar-refractivity contribution >= 4 is 14.3 Å². The van der Waals surface area contributed by atoms with E-state index in [0.717, 1.165) is 47.0 Å². The molecular formula is C36H49F3N2O6Si. The van der Waals surface area contributed by atoms with E-state index in [1.165, 1.54) is 12.3 Å². The Morgan fingerprint density at radius 1 is 1.02 bits per heavy atom. The number of hydrogen-bond donors (Lipinski definition) is 1. The number of ether oxygens (including phenoxy) is 3. The number of pyridine rings is 2. The minimum atomic E-state index is -4.57. The number of hydrogen-bond acceptors (Lipinski definition) is 7. The van der Waals surface area contributed by atoms with Gasteiger partial charge in [0.2, 0.25) is 0 Å². The van der Waals surface area contributed by atoms with E-state index >= 15 is 0 Å². The van der Waals surface area contributed by atoms with Crippen molar-refractivity contribution in [3.63, 3.8) is 0 Å². The molecule has 2 fully saturated rings. The first-order chi connectivity index (χ1) is 22.3. The molecule has 4 aliphatic rings. The molecule has 0 saturated carbocycles. The summed E-state index contributed by atoms with van der Waals surface area (Å²) in [6, 6.07) is 2.48. The van der Waals surface area contributed by atoms with E-state index in [4.69, 9.17) is 23.6 Å². The summed E-state index contributed by atoms with van der Waals surface area (Å²) in [6.45, 7) is 17.3. The lowest BCUT2D eigenvalue weighted by Gasteiger charge is -2.49. The third-order valence-electron chi connectivity index (χ3n) is 11.6. The van der Waals surface area contributed by atoms with Gasteiger partial charge >= 0.3 is 12.1 Å². The van der Waals surface area contributed by atoms with E-state index in [1.54, 1.807) is 0 Å². The molecule has 2 aromatic rings. The number of carbonyl (C=O) groups is 1. The second-order valence-corrected chi connectivity index (χ2v) is 21.0. The number of carboxylic acids is 1. The lowest BCUT2D eigenvalue weighted by Crippen LogP contribution is -2.46. The van der Waals surface area contributed by atoms with Gasteiger partial charge < -0.3 is 23.7 Å². The molecule has 0 aromatic carbocycles. The number of alkyl halides is 3. The van der Waals surface area contributed by atoms with Crippen LogP contribution in [0, 0.1) is 5.41 Å². The summed E-state index contributed by atoms with van der Waals surface area (Å²) in [6.07, 6.45) is -1.27. The molecule has 0 unspecified atom stereocenters. The predicted octanol–water partition coefficient (Wildman–Crippen LogP) is 8.57. The fourth-order valence-electron chi connectivity index (χ4n) is 7.93. The summed E-state index contributed by atoms with van der Waals surface area (Å²) < 4.78 is 66.8. The molecular weight excluding hydrogens is 641 g/mol. The van der Waals surface area contributed by atoms with E-state index in [0.29, 0.717) is 51.3 Å². The van der Waals surface area contributed by atoms with Gasteiger partial charge in [0, 0.05) is 74.0 Å². The van der Waals surface area contributed by atoms with Gasteiger partial charge in [0.15, 0.2) is 8.32 Å². The molecule has 5 heterocycles. The minimum absolute atomic E-state index is 0.0107. The smallest absolute Gasteiger partial charge is 0.433 e. The highest BCUT2D eigenvalue weighted by molar-refractivity contribution is 6.74. The second kappa shape index (κ2) is 12.4. The maximum absolute atomic E-state index is 13.6. The van der Waals surface area contributed by atoms with Gasteiger partial charge in [0.1, 0.15) is 11.8 Å². The fraction of sp³-hybridized carbons (Fsp3) is 0.694. The Hall–Kier alpha value is -2.38. The van der Waals surface area contributed by atoms with Crippen molar-refractivity contribution in [3.05, 3.63) is 57.7 Å². The first-order valence-corrected chi connectivity index (χ1v) is 20.1. The molecule has 264 valence electrons. The third-order valence-corrected chi connectivity index (χ3v) is 16.1. The average molecular weight is 691 g/mol. The van der Waals surface area contributed by atoms with Gasteiger partial charge in [-0.2, -0.15) is 13.2 Å². The summed E-state index contributed by atoms with van der Waals surface area (Å²) in [5.74, 6) is -1.25. The Kier molecular flexibility index (Phi) is 9.18.